The summed E-state index contributed by atoms with van der Waals surface area (Å²) in [6.45, 7) is 0. The van der Waals surface area contributed by atoms with Crippen molar-refractivity contribution in [3.05, 3.63) is 46.7 Å². The minimum atomic E-state index is -3.22. The van der Waals surface area contributed by atoms with Crippen LogP contribution in [0.3, 0.4) is 0 Å². The lowest BCUT2D eigenvalue weighted by Gasteiger charge is -2.02. The van der Waals surface area contributed by atoms with E-state index in [9.17, 15) is 13.2 Å². The largest absolute Gasteiger partial charge is 0.411 e. The summed E-state index contributed by atoms with van der Waals surface area (Å²) in [5.41, 5.74) is 6.17. The van der Waals surface area contributed by atoms with Gasteiger partial charge in [0.25, 0.3) is 0 Å². The third kappa shape index (κ3) is 2.73. The van der Waals surface area contributed by atoms with Crippen LogP contribution in [0.5, 0.6) is 5.75 Å². The zero-order valence-electron chi connectivity index (χ0n) is 8.66. The van der Waals surface area contributed by atoms with Crippen molar-refractivity contribution in [1.82, 2.24) is 0 Å². The van der Waals surface area contributed by atoms with Gasteiger partial charge in [0.2, 0.25) is 0 Å². The van der Waals surface area contributed by atoms with E-state index >= 15 is 0 Å². The van der Waals surface area contributed by atoms with Crippen molar-refractivity contribution in [2.75, 3.05) is 0 Å². The van der Waals surface area contributed by atoms with Crippen LogP contribution in [-0.4, -0.2) is 14.5 Å². The number of hydrogen-bond donors (Lipinski definition) is 1. The highest BCUT2D eigenvalue weighted by atomic mass is 32.2. The molecule has 5 nitrogen and oxygen atoms in total. The van der Waals surface area contributed by atoms with Crippen LogP contribution in [0.2, 0.25) is 0 Å². The average Bonchev–Trinajstić information content (AvgIpc) is 2.59. The normalized spacial score (nSPS) is 16.6. The Hall–Kier alpha value is -2.08. The smallest absolute Gasteiger partial charge is 0.409 e. The van der Waals surface area contributed by atoms with Gasteiger partial charge in [-0.25, -0.2) is 13.2 Å². The Morgan fingerprint density at radius 1 is 1.18 bits per heavy atom. The molecule has 0 saturated heterocycles. The van der Waals surface area contributed by atoms with Gasteiger partial charge in [-0.05, 0) is 29.3 Å². The molecule has 0 radical (unpaired) electrons. The summed E-state index contributed by atoms with van der Waals surface area (Å²) >= 11 is 0. The molecule has 88 valence electrons. The predicted octanol–water partition coefficient (Wildman–Crippen LogP) is 1.43. The van der Waals surface area contributed by atoms with Gasteiger partial charge in [-0.15, -0.1) is 0 Å². The lowest BCUT2D eigenvalue weighted by molar-refractivity contribution is 0.211. The van der Waals surface area contributed by atoms with Crippen molar-refractivity contribution >= 4 is 21.5 Å². The van der Waals surface area contributed by atoms with Crippen LogP contribution >= 0.6 is 0 Å². The molecule has 1 aromatic carbocycles. The Bertz CT molecular complexity index is 611. The number of carbonyl (C=O) groups is 1. The van der Waals surface area contributed by atoms with Gasteiger partial charge in [-0.3, -0.25) is 0 Å². The molecule has 1 amide bonds. The molecule has 6 heteroatoms. The molecule has 17 heavy (non-hydrogen) atoms. The number of carbonyl (C=O) groups excluding carboxylic acids is 1. The Balaban J connectivity index is 2.26. The molecule has 0 bridgehead atoms. The molecule has 1 aliphatic rings. The number of ether oxygens (including phenoxy) is 1. The summed E-state index contributed by atoms with van der Waals surface area (Å²) in [6, 6.07) is 6.38. The average molecular weight is 251 g/mol. The van der Waals surface area contributed by atoms with Crippen molar-refractivity contribution in [3.63, 3.8) is 0 Å². The molecule has 0 unspecified atom stereocenters. The first-order valence-electron chi connectivity index (χ1n) is 4.69. The van der Waals surface area contributed by atoms with Crippen molar-refractivity contribution in [1.29, 1.82) is 0 Å². The van der Waals surface area contributed by atoms with Gasteiger partial charge < -0.3 is 10.5 Å². The highest BCUT2D eigenvalue weighted by Crippen LogP contribution is 2.25. The zero-order valence-corrected chi connectivity index (χ0v) is 9.48. The molecule has 2 N–H and O–H groups in total. The van der Waals surface area contributed by atoms with Crippen molar-refractivity contribution in [2.45, 2.75) is 0 Å². The predicted molar refractivity (Wildman–Crippen MR) is 62.7 cm³/mol. The third-order valence-corrected chi connectivity index (χ3v) is 3.23. The van der Waals surface area contributed by atoms with Gasteiger partial charge in [0.1, 0.15) is 5.75 Å². The van der Waals surface area contributed by atoms with E-state index in [4.69, 9.17) is 5.73 Å². The molecule has 1 aromatic rings. The summed E-state index contributed by atoms with van der Waals surface area (Å²) in [4.78, 5) is 10.5. The minimum absolute atomic E-state index is 0.312. The molecule has 0 aromatic heterocycles. The lowest BCUT2D eigenvalue weighted by Crippen LogP contribution is -2.16. The SMILES string of the molecule is NC(=O)Oc1ccc(C2=CS(=O)(=O)C=C2)cc1. The van der Waals surface area contributed by atoms with Crippen LogP contribution in [0, 0.1) is 0 Å². The topological polar surface area (TPSA) is 86.5 Å². The summed E-state index contributed by atoms with van der Waals surface area (Å²) in [5.74, 6) is 0.312. The third-order valence-electron chi connectivity index (χ3n) is 2.13. The summed E-state index contributed by atoms with van der Waals surface area (Å²) in [7, 11) is -3.22. The lowest BCUT2D eigenvalue weighted by atomic mass is 10.1. The summed E-state index contributed by atoms with van der Waals surface area (Å²) in [5, 5.41) is 2.31. The van der Waals surface area contributed by atoms with Gasteiger partial charge in [-0.1, -0.05) is 12.1 Å². The standard InChI is InChI=1S/C11H9NO4S/c12-11(13)16-10-3-1-8(2-4-10)9-5-6-17(14,15)7-9/h1-7H,(H2,12,13). The first-order valence-corrected chi connectivity index (χ1v) is 6.30. The maximum atomic E-state index is 11.2. The molecular weight excluding hydrogens is 242 g/mol. The quantitative estimate of drug-likeness (QED) is 0.861. The van der Waals surface area contributed by atoms with E-state index < -0.39 is 15.9 Å². The van der Waals surface area contributed by atoms with Crippen molar-refractivity contribution in [3.8, 4) is 5.75 Å². The van der Waals surface area contributed by atoms with Crippen molar-refractivity contribution in [2.24, 2.45) is 5.73 Å². The van der Waals surface area contributed by atoms with E-state index in [1.165, 1.54) is 11.5 Å². The number of amides is 1. The van der Waals surface area contributed by atoms with Gasteiger partial charge in [0.05, 0.1) is 0 Å². The summed E-state index contributed by atoms with van der Waals surface area (Å²) in [6.07, 6.45) is 0.625. The summed E-state index contributed by atoms with van der Waals surface area (Å²) < 4.78 is 27.0. The fourth-order valence-corrected chi connectivity index (χ4v) is 2.40. The Morgan fingerprint density at radius 3 is 2.29 bits per heavy atom. The van der Waals surface area contributed by atoms with Gasteiger partial charge in [0.15, 0.2) is 9.84 Å². The number of benzene rings is 1. The highest BCUT2D eigenvalue weighted by Gasteiger charge is 2.12. The second-order valence-electron chi connectivity index (χ2n) is 3.41. The minimum Gasteiger partial charge on any atom is -0.411 e. The molecule has 0 saturated carbocycles. The van der Waals surface area contributed by atoms with Crippen LogP contribution < -0.4 is 10.5 Å². The van der Waals surface area contributed by atoms with Crippen molar-refractivity contribution < 1.29 is 17.9 Å². The van der Waals surface area contributed by atoms with Crippen LogP contribution in [-0.2, 0) is 9.84 Å². The number of sulfone groups is 1. The first-order chi connectivity index (χ1) is 7.96. The first kappa shape index (κ1) is 11.4. The number of rotatable bonds is 2. The molecule has 1 aliphatic heterocycles. The maximum absolute atomic E-state index is 11.2. The van der Waals surface area contributed by atoms with Crippen LogP contribution in [0.1, 0.15) is 5.56 Å². The van der Waals surface area contributed by atoms with E-state index in [2.05, 4.69) is 4.74 Å². The van der Waals surface area contributed by atoms with E-state index in [1.54, 1.807) is 24.3 Å². The van der Waals surface area contributed by atoms with Crippen LogP contribution in [0.4, 0.5) is 4.79 Å². The number of hydrogen-bond acceptors (Lipinski definition) is 4. The van der Waals surface area contributed by atoms with E-state index in [-0.39, 0.29) is 0 Å². The maximum Gasteiger partial charge on any atom is 0.409 e. The fourth-order valence-electron chi connectivity index (χ4n) is 1.42. The number of primary amides is 1. The Labute approximate surface area is 98.1 Å². The number of allylic oxidation sites excluding steroid dienone is 2. The zero-order chi connectivity index (χ0) is 12.5. The fraction of sp³-hybridized carbons (Fsp3) is 0. The van der Waals surface area contributed by atoms with E-state index in [0.29, 0.717) is 11.3 Å². The van der Waals surface area contributed by atoms with Crippen LogP contribution in [0.25, 0.3) is 5.57 Å². The molecule has 2 rings (SSSR count). The molecule has 0 aliphatic carbocycles. The molecule has 1 heterocycles. The second kappa shape index (κ2) is 4.06. The van der Waals surface area contributed by atoms with Gasteiger partial charge in [0, 0.05) is 10.8 Å². The molecule has 0 atom stereocenters. The molecular formula is C11H9NO4S. The Morgan fingerprint density at radius 2 is 1.82 bits per heavy atom. The number of nitrogens with two attached hydrogens (primary N) is 1. The molecule has 0 spiro atoms. The van der Waals surface area contributed by atoms with Gasteiger partial charge >= 0.3 is 6.09 Å². The Kier molecular flexibility index (Phi) is 2.72. The van der Waals surface area contributed by atoms with E-state index in [0.717, 1.165) is 11.0 Å². The molecule has 0 fully saturated rings. The second-order valence-corrected chi connectivity index (χ2v) is 5.10. The highest BCUT2D eigenvalue weighted by molar-refractivity contribution is 7.97. The van der Waals surface area contributed by atoms with E-state index in [1.807, 2.05) is 0 Å². The van der Waals surface area contributed by atoms with Crippen LogP contribution in [0.15, 0.2) is 41.2 Å². The van der Waals surface area contributed by atoms with Gasteiger partial charge in [-0.2, -0.15) is 0 Å². The monoisotopic (exact) mass is 251 g/mol.